The summed E-state index contributed by atoms with van der Waals surface area (Å²) in [6.07, 6.45) is 0.779. The first-order valence-corrected chi connectivity index (χ1v) is 11.2. The summed E-state index contributed by atoms with van der Waals surface area (Å²) < 4.78 is 1.32. The van der Waals surface area contributed by atoms with Gasteiger partial charge in [-0.1, -0.05) is 73.1 Å². The fourth-order valence-electron chi connectivity index (χ4n) is 2.83. The maximum Gasteiger partial charge on any atom is 0.230 e. The smallest absolute Gasteiger partial charge is 0.230 e. The first-order valence-electron chi connectivity index (χ1n) is 9.49. The summed E-state index contributed by atoms with van der Waals surface area (Å²) in [6, 6.07) is 13.5. The molecule has 0 spiro atoms. The van der Waals surface area contributed by atoms with E-state index in [1.165, 1.54) is 27.6 Å². The predicted octanol–water partition coefficient (Wildman–Crippen LogP) is 4.54. The van der Waals surface area contributed by atoms with E-state index in [1.54, 1.807) is 18.2 Å². The van der Waals surface area contributed by atoms with Gasteiger partial charge in [0.05, 0.1) is 10.8 Å². The summed E-state index contributed by atoms with van der Waals surface area (Å²) in [4.78, 5) is 12.2. The van der Waals surface area contributed by atoms with Crippen molar-refractivity contribution in [3.63, 3.8) is 0 Å². The largest absolute Gasteiger partial charge is 0.355 e. The Morgan fingerprint density at radius 1 is 1.17 bits per heavy atom. The van der Waals surface area contributed by atoms with Crippen molar-refractivity contribution in [2.24, 2.45) is 0 Å². The number of aromatic nitrogens is 3. The molecule has 2 aromatic carbocycles. The van der Waals surface area contributed by atoms with Crippen LogP contribution in [-0.4, -0.2) is 33.1 Å². The van der Waals surface area contributed by atoms with Crippen molar-refractivity contribution in [3.05, 3.63) is 63.6 Å². The maximum absolute atomic E-state index is 12.2. The summed E-state index contributed by atoms with van der Waals surface area (Å²) in [5, 5.41) is 12.4. The Labute approximate surface area is 190 Å². The minimum absolute atomic E-state index is 0.0899. The van der Waals surface area contributed by atoms with Crippen LogP contribution >= 0.6 is 35.0 Å². The van der Waals surface area contributed by atoms with Gasteiger partial charge < -0.3 is 11.2 Å². The lowest BCUT2D eigenvalue weighted by Crippen LogP contribution is -2.27. The van der Waals surface area contributed by atoms with Crippen molar-refractivity contribution in [2.45, 2.75) is 31.3 Å². The Balaban J connectivity index is 1.49. The molecule has 0 aliphatic carbocycles. The van der Waals surface area contributed by atoms with E-state index in [2.05, 4.69) is 53.6 Å². The minimum Gasteiger partial charge on any atom is -0.355 e. The molecule has 3 rings (SSSR count). The highest BCUT2D eigenvalue weighted by Gasteiger charge is 2.16. The molecule has 0 saturated carbocycles. The van der Waals surface area contributed by atoms with Crippen LogP contribution in [0.25, 0.3) is 11.4 Å². The van der Waals surface area contributed by atoms with Gasteiger partial charge in [-0.15, -0.1) is 10.2 Å². The highest BCUT2D eigenvalue weighted by atomic mass is 35.5. The quantitative estimate of drug-likeness (QED) is 0.378. The number of amides is 1. The lowest BCUT2D eigenvalue weighted by molar-refractivity contribution is -0.118. The van der Waals surface area contributed by atoms with Crippen LogP contribution in [0.15, 0.2) is 47.6 Å². The number of rotatable bonds is 8. The van der Waals surface area contributed by atoms with Crippen molar-refractivity contribution in [3.8, 4) is 11.4 Å². The van der Waals surface area contributed by atoms with E-state index in [0.29, 0.717) is 39.1 Å². The Hall–Kier alpha value is -2.22. The third kappa shape index (κ3) is 5.68. The van der Waals surface area contributed by atoms with Crippen LogP contribution in [-0.2, 0) is 11.2 Å². The van der Waals surface area contributed by atoms with E-state index in [9.17, 15) is 4.79 Å². The number of nitrogens with one attached hydrogen (secondary N) is 1. The van der Waals surface area contributed by atoms with Crippen molar-refractivity contribution in [1.29, 1.82) is 0 Å². The Morgan fingerprint density at radius 2 is 1.90 bits per heavy atom. The molecule has 3 N–H and O–H groups in total. The van der Waals surface area contributed by atoms with Gasteiger partial charge in [-0.05, 0) is 41.7 Å². The average molecular weight is 464 g/mol. The molecule has 0 saturated heterocycles. The molecule has 0 unspecified atom stereocenters. The van der Waals surface area contributed by atoms with Crippen LogP contribution in [0.3, 0.4) is 0 Å². The normalized spacial score (nSPS) is 11.1. The number of carbonyl (C=O) groups is 1. The second kappa shape index (κ2) is 10.2. The summed E-state index contributed by atoms with van der Waals surface area (Å²) in [7, 11) is 0. The summed E-state index contributed by atoms with van der Waals surface area (Å²) in [5.74, 6) is 7.10. The van der Waals surface area contributed by atoms with Gasteiger partial charge in [0.1, 0.15) is 0 Å². The van der Waals surface area contributed by atoms with Crippen LogP contribution in [0.1, 0.15) is 30.9 Å². The van der Waals surface area contributed by atoms with Gasteiger partial charge in [-0.3, -0.25) is 4.79 Å². The summed E-state index contributed by atoms with van der Waals surface area (Å²) >= 11 is 13.4. The van der Waals surface area contributed by atoms with E-state index in [1.807, 2.05) is 0 Å². The summed E-state index contributed by atoms with van der Waals surface area (Å²) in [6.45, 7) is 4.91. The monoisotopic (exact) mass is 463 g/mol. The van der Waals surface area contributed by atoms with Crippen LogP contribution in [0, 0.1) is 0 Å². The average Bonchev–Trinajstić information content (AvgIpc) is 3.07. The molecule has 0 bridgehead atoms. The molecule has 3 aromatic rings. The SMILES string of the molecule is CC(C)c1ccc(CCNC(=O)CSc2nnc(-c3ccc(Cl)cc3Cl)n2N)cc1. The summed E-state index contributed by atoms with van der Waals surface area (Å²) in [5.41, 5.74) is 3.12. The molecule has 0 aliphatic rings. The van der Waals surface area contributed by atoms with Gasteiger partial charge in [0, 0.05) is 17.1 Å². The lowest BCUT2D eigenvalue weighted by atomic mass is 10.0. The van der Waals surface area contributed by atoms with E-state index in [0.717, 1.165) is 6.42 Å². The zero-order valence-electron chi connectivity index (χ0n) is 16.7. The first kappa shape index (κ1) is 22.5. The molecule has 9 heteroatoms. The second-order valence-electron chi connectivity index (χ2n) is 7.09. The van der Waals surface area contributed by atoms with Gasteiger partial charge >= 0.3 is 0 Å². The third-order valence-corrected chi connectivity index (χ3v) is 6.04. The molecule has 6 nitrogen and oxygen atoms in total. The van der Waals surface area contributed by atoms with Crippen molar-refractivity contribution < 1.29 is 4.79 Å². The number of hydrogen-bond acceptors (Lipinski definition) is 5. The van der Waals surface area contributed by atoms with Gasteiger partial charge in [0.15, 0.2) is 5.82 Å². The van der Waals surface area contributed by atoms with Crippen LogP contribution in [0.4, 0.5) is 0 Å². The van der Waals surface area contributed by atoms with E-state index in [4.69, 9.17) is 29.0 Å². The van der Waals surface area contributed by atoms with Crippen molar-refractivity contribution in [1.82, 2.24) is 20.2 Å². The maximum atomic E-state index is 12.2. The number of benzene rings is 2. The second-order valence-corrected chi connectivity index (χ2v) is 8.87. The highest BCUT2D eigenvalue weighted by Crippen LogP contribution is 2.30. The van der Waals surface area contributed by atoms with Crippen LogP contribution in [0.5, 0.6) is 0 Å². The number of nitrogens with two attached hydrogens (primary N) is 1. The molecule has 0 atom stereocenters. The highest BCUT2D eigenvalue weighted by molar-refractivity contribution is 7.99. The fraction of sp³-hybridized carbons (Fsp3) is 0.286. The topological polar surface area (TPSA) is 85.8 Å². The van der Waals surface area contributed by atoms with Gasteiger partial charge in [0.2, 0.25) is 11.1 Å². The first-order chi connectivity index (χ1) is 14.3. The van der Waals surface area contributed by atoms with E-state index < -0.39 is 0 Å². The van der Waals surface area contributed by atoms with Crippen molar-refractivity contribution >= 4 is 40.9 Å². The van der Waals surface area contributed by atoms with Crippen molar-refractivity contribution in [2.75, 3.05) is 18.1 Å². The van der Waals surface area contributed by atoms with E-state index in [-0.39, 0.29) is 11.7 Å². The molecular formula is C21H23Cl2N5OS. The lowest BCUT2D eigenvalue weighted by Gasteiger charge is -2.08. The van der Waals surface area contributed by atoms with E-state index >= 15 is 0 Å². The van der Waals surface area contributed by atoms with Gasteiger partial charge in [-0.25, -0.2) is 4.68 Å². The Kier molecular flexibility index (Phi) is 7.64. The van der Waals surface area contributed by atoms with Gasteiger partial charge in [-0.2, -0.15) is 0 Å². The molecule has 0 radical (unpaired) electrons. The Morgan fingerprint density at radius 3 is 2.57 bits per heavy atom. The van der Waals surface area contributed by atoms with Gasteiger partial charge in [0.25, 0.3) is 0 Å². The number of nitrogens with zero attached hydrogens (tertiary/aromatic N) is 3. The molecule has 1 aromatic heterocycles. The molecule has 1 amide bonds. The molecule has 0 aliphatic heterocycles. The number of halogens is 2. The number of hydrogen-bond donors (Lipinski definition) is 2. The zero-order chi connectivity index (χ0) is 21.7. The zero-order valence-corrected chi connectivity index (χ0v) is 19.1. The molecule has 158 valence electrons. The third-order valence-electron chi connectivity index (χ3n) is 4.55. The standard InChI is InChI=1S/C21H23Cl2N5OS/c1-13(2)15-5-3-14(4-6-15)9-10-25-19(29)12-30-21-27-26-20(28(21)24)17-8-7-16(22)11-18(17)23/h3-8,11,13H,9-10,12,24H2,1-2H3,(H,25,29). The number of nitrogen functional groups attached to an aromatic ring is 1. The Bertz CT molecular complexity index is 1020. The molecular weight excluding hydrogens is 441 g/mol. The van der Waals surface area contributed by atoms with Crippen LogP contribution in [0.2, 0.25) is 10.0 Å². The molecule has 1 heterocycles. The number of thioether (sulfide) groups is 1. The van der Waals surface area contributed by atoms with Crippen LogP contribution < -0.4 is 11.2 Å². The predicted molar refractivity (Wildman–Crippen MR) is 124 cm³/mol. The molecule has 30 heavy (non-hydrogen) atoms. The fourth-order valence-corrected chi connectivity index (χ4v) is 4.01. The molecule has 0 fully saturated rings. The number of carbonyl (C=O) groups excluding carboxylic acids is 1. The minimum atomic E-state index is -0.0899.